The molecule has 3 aromatic rings. The summed E-state index contributed by atoms with van der Waals surface area (Å²) < 4.78 is 39.6. The van der Waals surface area contributed by atoms with Crippen LogP contribution in [0, 0.1) is 20.8 Å². The Morgan fingerprint density at radius 1 is 0.882 bits per heavy atom. The van der Waals surface area contributed by atoms with Crippen molar-refractivity contribution >= 4 is 21.6 Å². The van der Waals surface area contributed by atoms with Gasteiger partial charge in [-0.15, -0.1) is 0 Å². The summed E-state index contributed by atoms with van der Waals surface area (Å²) in [5.41, 5.74) is 3.95. The van der Waals surface area contributed by atoms with E-state index in [1.165, 1.54) is 6.07 Å². The van der Waals surface area contributed by atoms with E-state index in [2.05, 4.69) is 10.0 Å². The van der Waals surface area contributed by atoms with Gasteiger partial charge >= 0.3 is 0 Å². The smallest absolute Gasteiger partial charge is 0.262 e. The molecule has 0 aliphatic carbocycles. The van der Waals surface area contributed by atoms with E-state index in [9.17, 15) is 13.2 Å². The fourth-order valence-corrected chi connectivity index (χ4v) is 4.97. The maximum atomic E-state index is 13.2. The number of nitrogens with one attached hydrogen (secondary N) is 2. The molecule has 7 nitrogen and oxygen atoms in total. The summed E-state index contributed by atoms with van der Waals surface area (Å²) in [6, 6.07) is 15.1. The second-order valence-electron chi connectivity index (χ2n) is 8.14. The van der Waals surface area contributed by atoms with Crippen molar-refractivity contribution in [1.82, 2.24) is 5.32 Å². The number of methoxy groups -OCH3 is 2. The van der Waals surface area contributed by atoms with Gasteiger partial charge in [-0.2, -0.15) is 0 Å². The third-order valence-corrected chi connectivity index (χ3v) is 7.35. The summed E-state index contributed by atoms with van der Waals surface area (Å²) in [6.07, 6.45) is 0. The highest BCUT2D eigenvalue weighted by Gasteiger charge is 2.21. The van der Waals surface area contributed by atoms with Crippen molar-refractivity contribution in [2.45, 2.75) is 38.6 Å². The number of carbonyl (C=O) groups excluding carboxylic acids is 1. The van der Waals surface area contributed by atoms with Gasteiger partial charge in [-0.05, 0) is 80.3 Å². The number of hydrogen-bond donors (Lipinski definition) is 2. The van der Waals surface area contributed by atoms with E-state index in [0.717, 1.165) is 16.7 Å². The molecule has 2 N–H and O–H groups in total. The van der Waals surface area contributed by atoms with Gasteiger partial charge in [-0.25, -0.2) is 8.42 Å². The molecule has 0 unspecified atom stereocenters. The van der Waals surface area contributed by atoms with Crippen molar-refractivity contribution < 1.29 is 22.7 Å². The third kappa shape index (κ3) is 5.34. The molecule has 1 atom stereocenters. The predicted molar refractivity (Wildman–Crippen MR) is 133 cm³/mol. The first kappa shape index (κ1) is 25.1. The van der Waals surface area contributed by atoms with Gasteiger partial charge in [-0.3, -0.25) is 9.52 Å². The Balaban J connectivity index is 1.85. The molecule has 0 bridgehead atoms. The summed E-state index contributed by atoms with van der Waals surface area (Å²) in [5.74, 6) is 0.766. The highest BCUT2D eigenvalue weighted by molar-refractivity contribution is 7.92. The van der Waals surface area contributed by atoms with Gasteiger partial charge in [0.1, 0.15) is 0 Å². The number of hydrogen-bond acceptors (Lipinski definition) is 5. The van der Waals surface area contributed by atoms with Crippen molar-refractivity contribution in [2.75, 3.05) is 18.9 Å². The summed E-state index contributed by atoms with van der Waals surface area (Å²) in [7, 11) is -0.794. The molecular weight excluding hydrogens is 452 g/mol. The van der Waals surface area contributed by atoms with Crippen LogP contribution in [0.25, 0.3) is 0 Å². The molecule has 0 fully saturated rings. The van der Waals surface area contributed by atoms with Gasteiger partial charge in [-0.1, -0.05) is 24.3 Å². The lowest BCUT2D eigenvalue weighted by Crippen LogP contribution is -2.27. The number of benzene rings is 3. The zero-order valence-electron chi connectivity index (χ0n) is 20.2. The minimum Gasteiger partial charge on any atom is -0.493 e. The van der Waals surface area contributed by atoms with E-state index in [0.29, 0.717) is 22.7 Å². The number of rotatable bonds is 8. The summed E-state index contributed by atoms with van der Waals surface area (Å²) >= 11 is 0. The van der Waals surface area contributed by atoms with Crippen molar-refractivity contribution in [3.05, 3.63) is 82.4 Å². The summed E-state index contributed by atoms with van der Waals surface area (Å²) in [5, 5.41) is 2.92. The number of anilines is 1. The maximum Gasteiger partial charge on any atom is 0.262 e. The monoisotopic (exact) mass is 482 g/mol. The SMILES string of the molecule is COc1ccc([C@H](C)NC(=O)c2ccc(C)c(S(=O)(=O)Nc3cccc(C)c3C)c2)cc1OC. The molecule has 180 valence electrons. The molecule has 3 aromatic carbocycles. The lowest BCUT2D eigenvalue weighted by molar-refractivity contribution is 0.0939. The second-order valence-corrected chi connectivity index (χ2v) is 9.79. The standard InChI is InChI=1S/C26H30N2O5S/c1-16-8-7-9-22(18(16)3)28-34(30,31)25-15-21(11-10-17(25)2)26(29)27-19(4)20-12-13-23(32-5)24(14-20)33-6/h7-15,19,28H,1-6H3,(H,27,29)/t19-/m0/s1. The van der Waals surface area contributed by atoms with Gasteiger partial charge in [0.25, 0.3) is 15.9 Å². The molecule has 0 aliphatic heterocycles. The molecule has 8 heteroatoms. The van der Waals surface area contributed by atoms with Crippen molar-refractivity contribution in [3.8, 4) is 11.5 Å². The molecule has 0 aliphatic rings. The number of amides is 1. The van der Waals surface area contributed by atoms with E-state index in [1.807, 2.05) is 32.9 Å². The van der Waals surface area contributed by atoms with Crippen LogP contribution < -0.4 is 19.5 Å². The molecule has 3 rings (SSSR count). The van der Waals surface area contributed by atoms with Crippen molar-refractivity contribution in [2.24, 2.45) is 0 Å². The average Bonchev–Trinajstić information content (AvgIpc) is 2.81. The number of aryl methyl sites for hydroxylation is 2. The minimum atomic E-state index is -3.90. The predicted octanol–water partition coefficient (Wildman–Crippen LogP) is 4.92. The first-order valence-electron chi connectivity index (χ1n) is 10.8. The van der Waals surface area contributed by atoms with E-state index >= 15 is 0 Å². The Kier molecular flexibility index (Phi) is 7.51. The topological polar surface area (TPSA) is 93.7 Å². The molecule has 0 saturated carbocycles. The summed E-state index contributed by atoms with van der Waals surface area (Å²) in [6.45, 7) is 7.32. The summed E-state index contributed by atoms with van der Waals surface area (Å²) in [4.78, 5) is 13.0. The first-order chi connectivity index (χ1) is 16.1. The molecule has 0 heterocycles. The average molecular weight is 483 g/mol. The van der Waals surface area contributed by atoms with Crippen LogP contribution in [0.2, 0.25) is 0 Å². The zero-order valence-corrected chi connectivity index (χ0v) is 21.0. The normalized spacial score (nSPS) is 12.1. The maximum absolute atomic E-state index is 13.2. The Bertz CT molecular complexity index is 1320. The molecule has 1 amide bonds. The van der Waals surface area contributed by atoms with Gasteiger partial charge in [0.15, 0.2) is 11.5 Å². The quantitative estimate of drug-likeness (QED) is 0.475. The van der Waals surface area contributed by atoms with Crippen LogP contribution in [-0.2, 0) is 10.0 Å². The van der Waals surface area contributed by atoms with Crippen LogP contribution in [0.5, 0.6) is 11.5 Å². The van der Waals surface area contributed by atoms with E-state index in [-0.39, 0.29) is 22.4 Å². The lowest BCUT2D eigenvalue weighted by atomic mass is 10.1. The van der Waals surface area contributed by atoms with Crippen LogP contribution in [0.15, 0.2) is 59.5 Å². The van der Waals surface area contributed by atoms with Gasteiger partial charge in [0.05, 0.1) is 30.8 Å². The Morgan fingerprint density at radius 3 is 2.26 bits per heavy atom. The molecular formula is C26H30N2O5S. The number of ether oxygens (including phenoxy) is 2. The van der Waals surface area contributed by atoms with Gasteiger partial charge in [0.2, 0.25) is 0 Å². The highest BCUT2D eigenvalue weighted by atomic mass is 32.2. The highest BCUT2D eigenvalue weighted by Crippen LogP contribution is 2.30. The second kappa shape index (κ2) is 10.2. The zero-order chi connectivity index (χ0) is 25.0. The number of carbonyl (C=O) groups is 1. The van der Waals surface area contributed by atoms with Crippen LogP contribution in [0.4, 0.5) is 5.69 Å². The molecule has 0 saturated heterocycles. The molecule has 0 aromatic heterocycles. The van der Waals surface area contributed by atoms with Gasteiger partial charge in [0, 0.05) is 5.56 Å². The van der Waals surface area contributed by atoms with E-state index in [1.54, 1.807) is 57.5 Å². The van der Waals surface area contributed by atoms with Crippen molar-refractivity contribution in [1.29, 1.82) is 0 Å². The van der Waals surface area contributed by atoms with E-state index in [4.69, 9.17) is 9.47 Å². The van der Waals surface area contributed by atoms with Gasteiger partial charge < -0.3 is 14.8 Å². The fourth-order valence-electron chi connectivity index (χ4n) is 3.58. The Labute approximate surface area is 201 Å². The van der Waals surface area contributed by atoms with Crippen LogP contribution in [-0.4, -0.2) is 28.5 Å². The van der Waals surface area contributed by atoms with E-state index < -0.39 is 10.0 Å². The van der Waals surface area contributed by atoms with Crippen LogP contribution in [0.1, 0.15) is 45.6 Å². The van der Waals surface area contributed by atoms with Crippen molar-refractivity contribution in [3.63, 3.8) is 0 Å². The Morgan fingerprint density at radius 2 is 1.59 bits per heavy atom. The molecule has 0 radical (unpaired) electrons. The van der Waals surface area contributed by atoms with Crippen LogP contribution >= 0.6 is 0 Å². The third-order valence-electron chi connectivity index (χ3n) is 5.84. The minimum absolute atomic E-state index is 0.0554. The molecule has 34 heavy (non-hydrogen) atoms. The largest absolute Gasteiger partial charge is 0.493 e. The van der Waals surface area contributed by atoms with Crippen LogP contribution in [0.3, 0.4) is 0 Å². The number of sulfonamides is 1. The first-order valence-corrected chi connectivity index (χ1v) is 12.3. The lowest BCUT2D eigenvalue weighted by Gasteiger charge is -2.18. The molecule has 0 spiro atoms. The Hall–Kier alpha value is -3.52. The fraction of sp³-hybridized carbons (Fsp3) is 0.269.